The monoisotopic (exact) mass is 265 g/mol. The minimum atomic E-state index is -0.00291. The fourth-order valence-electron chi connectivity index (χ4n) is 3.07. The first-order valence-electron chi connectivity index (χ1n) is 6.54. The van der Waals surface area contributed by atoms with E-state index in [1.807, 2.05) is 23.6 Å². The van der Waals surface area contributed by atoms with Crippen LogP contribution in [0.1, 0.15) is 11.3 Å². The zero-order chi connectivity index (χ0) is 13.6. The number of amides is 2. The molecule has 0 aromatic carbocycles. The lowest BCUT2D eigenvalue weighted by atomic mass is 10.1. The molecule has 0 bridgehead atoms. The van der Waals surface area contributed by atoms with Gasteiger partial charge < -0.3 is 20.2 Å². The van der Waals surface area contributed by atoms with Crippen LogP contribution in [0.4, 0.5) is 10.6 Å². The Kier molecular flexibility index (Phi) is 2.85. The molecule has 2 aliphatic heterocycles. The Hall–Kier alpha value is -1.76. The molecule has 3 rings (SSSR count). The molecule has 1 aromatic rings. The van der Waals surface area contributed by atoms with Crippen LogP contribution in [0.5, 0.6) is 0 Å². The molecule has 7 heteroatoms. The first kappa shape index (κ1) is 12.3. The molecule has 2 aliphatic rings. The molecule has 2 N–H and O–H groups in total. The fraction of sp³-hybridized carbons (Fsp3) is 0.667. The van der Waals surface area contributed by atoms with E-state index in [-0.39, 0.29) is 18.7 Å². The summed E-state index contributed by atoms with van der Waals surface area (Å²) in [5.74, 6) is 0.971. The fourth-order valence-corrected chi connectivity index (χ4v) is 3.07. The van der Waals surface area contributed by atoms with Gasteiger partial charge in [0.25, 0.3) is 0 Å². The van der Waals surface area contributed by atoms with Crippen LogP contribution in [0.25, 0.3) is 0 Å². The number of anilines is 1. The number of piperazine rings is 1. The summed E-state index contributed by atoms with van der Waals surface area (Å²) in [5, 5.41) is 16.8. The first-order valence-corrected chi connectivity index (χ1v) is 6.54. The molecule has 7 nitrogen and oxygen atoms in total. The van der Waals surface area contributed by atoms with Crippen molar-refractivity contribution in [2.24, 2.45) is 7.05 Å². The van der Waals surface area contributed by atoms with E-state index in [4.69, 9.17) is 0 Å². The number of aliphatic hydroxyl groups is 1. The van der Waals surface area contributed by atoms with Crippen molar-refractivity contribution in [1.82, 2.24) is 20.0 Å². The van der Waals surface area contributed by atoms with Crippen molar-refractivity contribution >= 4 is 11.8 Å². The van der Waals surface area contributed by atoms with Crippen LogP contribution in [0.2, 0.25) is 0 Å². The Morgan fingerprint density at radius 2 is 2.26 bits per heavy atom. The van der Waals surface area contributed by atoms with Crippen LogP contribution < -0.4 is 10.2 Å². The highest BCUT2D eigenvalue weighted by molar-refractivity contribution is 5.77. The number of hydrogen-bond donors (Lipinski definition) is 2. The average Bonchev–Trinajstić information content (AvgIpc) is 2.89. The van der Waals surface area contributed by atoms with Crippen molar-refractivity contribution in [3.05, 3.63) is 11.3 Å². The Bertz CT molecular complexity index is 512. The van der Waals surface area contributed by atoms with E-state index >= 15 is 0 Å². The molecular weight excluding hydrogens is 246 g/mol. The minimum Gasteiger partial charge on any atom is -0.391 e. The van der Waals surface area contributed by atoms with Gasteiger partial charge in [-0.25, -0.2) is 4.79 Å². The number of urea groups is 1. The third kappa shape index (κ3) is 1.85. The zero-order valence-corrected chi connectivity index (χ0v) is 11.3. The van der Waals surface area contributed by atoms with Gasteiger partial charge in [0.1, 0.15) is 5.82 Å². The number of rotatable bonds is 2. The van der Waals surface area contributed by atoms with E-state index in [9.17, 15) is 9.90 Å². The maximum atomic E-state index is 11.6. The smallest absolute Gasteiger partial charge is 0.317 e. The van der Waals surface area contributed by atoms with E-state index in [0.29, 0.717) is 13.1 Å². The highest BCUT2D eigenvalue weighted by Gasteiger charge is 2.36. The van der Waals surface area contributed by atoms with Gasteiger partial charge in [-0.3, -0.25) is 4.68 Å². The van der Waals surface area contributed by atoms with E-state index in [1.54, 1.807) is 0 Å². The molecule has 0 spiro atoms. The first-order chi connectivity index (χ1) is 9.11. The van der Waals surface area contributed by atoms with Gasteiger partial charge in [0, 0.05) is 38.8 Å². The summed E-state index contributed by atoms with van der Waals surface area (Å²) in [6, 6.07) is 0.246. The summed E-state index contributed by atoms with van der Waals surface area (Å²) in [6.07, 6.45) is 0. The molecule has 2 amide bonds. The second-order valence-electron chi connectivity index (χ2n) is 5.15. The highest BCUT2D eigenvalue weighted by Crippen LogP contribution is 2.26. The molecule has 2 fully saturated rings. The summed E-state index contributed by atoms with van der Waals surface area (Å²) >= 11 is 0. The lowest BCUT2D eigenvalue weighted by Gasteiger charge is -2.37. The van der Waals surface area contributed by atoms with Crippen LogP contribution in [-0.4, -0.2) is 58.0 Å². The quantitative estimate of drug-likeness (QED) is 0.751. The summed E-state index contributed by atoms with van der Waals surface area (Å²) in [5.41, 5.74) is 1.75. The second-order valence-corrected chi connectivity index (χ2v) is 5.15. The number of nitrogens with zero attached hydrogens (tertiary/aromatic N) is 4. The number of aromatic nitrogens is 2. The molecule has 0 aliphatic carbocycles. The molecular formula is C12H19N5O2. The van der Waals surface area contributed by atoms with Gasteiger partial charge in [-0.2, -0.15) is 5.10 Å². The molecule has 3 heterocycles. The van der Waals surface area contributed by atoms with Gasteiger partial charge >= 0.3 is 6.03 Å². The van der Waals surface area contributed by atoms with Gasteiger partial charge in [-0.15, -0.1) is 0 Å². The lowest BCUT2D eigenvalue weighted by molar-refractivity contribution is 0.197. The van der Waals surface area contributed by atoms with Crippen molar-refractivity contribution < 1.29 is 9.90 Å². The van der Waals surface area contributed by atoms with Crippen LogP contribution in [0, 0.1) is 6.92 Å². The molecule has 104 valence electrons. The Labute approximate surface area is 111 Å². The van der Waals surface area contributed by atoms with E-state index in [0.717, 1.165) is 30.2 Å². The molecule has 19 heavy (non-hydrogen) atoms. The molecule has 0 radical (unpaired) electrons. The van der Waals surface area contributed by atoms with E-state index in [1.165, 1.54) is 0 Å². The van der Waals surface area contributed by atoms with Gasteiger partial charge in [0.15, 0.2) is 0 Å². The number of fused-ring (bicyclic) bond motifs is 1. The maximum absolute atomic E-state index is 11.6. The van der Waals surface area contributed by atoms with Crippen molar-refractivity contribution in [2.75, 3.05) is 31.1 Å². The van der Waals surface area contributed by atoms with Crippen molar-refractivity contribution in [3.8, 4) is 0 Å². The van der Waals surface area contributed by atoms with Crippen LogP contribution in [-0.2, 0) is 13.7 Å². The van der Waals surface area contributed by atoms with Crippen molar-refractivity contribution in [2.45, 2.75) is 19.6 Å². The minimum absolute atomic E-state index is 0.00291. The third-order valence-corrected chi connectivity index (χ3v) is 4.00. The van der Waals surface area contributed by atoms with Gasteiger partial charge in [-0.05, 0) is 6.92 Å². The van der Waals surface area contributed by atoms with Crippen molar-refractivity contribution in [3.63, 3.8) is 0 Å². The molecule has 1 unspecified atom stereocenters. The molecule has 0 saturated carbocycles. The highest BCUT2D eigenvalue weighted by atomic mass is 16.3. The van der Waals surface area contributed by atoms with Gasteiger partial charge in [0.2, 0.25) is 0 Å². The topological polar surface area (TPSA) is 73.6 Å². The van der Waals surface area contributed by atoms with E-state index < -0.39 is 0 Å². The van der Waals surface area contributed by atoms with E-state index in [2.05, 4.69) is 15.3 Å². The van der Waals surface area contributed by atoms with Crippen LogP contribution >= 0.6 is 0 Å². The van der Waals surface area contributed by atoms with Crippen LogP contribution in [0.15, 0.2) is 0 Å². The maximum Gasteiger partial charge on any atom is 0.317 e. The largest absolute Gasteiger partial charge is 0.391 e. The number of nitrogens with one attached hydrogen (secondary N) is 1. The Morgan fingerprint density at radius 1 is 1.47 bits per heavy atom. The van der Waals surface area contributed by atoms with Gasteiger partial charge in [-0.1, -0.05) is 0 Å². The molecule has 1 aromatic heterocycles. The Morgan fingerprint density at radius 3 is 3.00 bits per heavy atom. The summed E-state index contributed by atoms with van der Waals surface area (Å²) in [7, 11) is 1.89. The second kappa shape index (κ2) is 4.41. The number of carbonyl (C=O) groups excluding carboxylic acids is 1. The van der Waals surface area contributed by atoms with Gasteiger partial charge in [0.05, 0.1) is 18.3 Å². The third-order valence-electron chi connectivity index (χ3n) is 4.00. The number of carbonyl (C=O) groups is 1. The van der Waals surface area contributed by atoms with Crippen molar-refractivity contribution in [1.29, 1.82) is 0 Å². The molecule has 2 saturated heterocycles. The standard InChI is InChI=1S/C12H19N5O2/c1-8-10(7-18)11(15(2)14-8)16-3-4-17-9(6-16)5-13-12(17)19/h9,18H,3-7H2,1-2H3,(H,13,19). The SMILES string of the molecule is Cc1nn(C)c(N2CCN3C(=O)NCC3C2)c1CO. The molecule has 1 atom stereocenters. The Balaban J connectivity index is 1.86. The summed E-state index contributed by atoms with van der Waals surface area (Å²) in [6.45, 7) is 4.87. The average molecular weight is 265 g/mol. The zero-order valence-electron chi connectivity index (χ0n) is 11.3. The lowest BCUT2D eigenvalue weighted by Crippen LogP contribution is -2.52. The summed E-state index contributed by atoms with van der Waals surface area (Å²) < 4.78 is 1.82. The normalized spacial score (nSPS) is 22.7. The van der Waals surface area contributed by atoms with Crippen LogP contribution in [0.3, 0.4) is 0 Å². The predicted molar refractivity (Wildman–Crippen MR) is 70.0 cm³/mol. The predicted octanol–water partition coefficient (Wildman–Crippen LogP) is -0.565. The number of aryl methyl sites for hydroxylation is 2. The number of aliphatic hydroxyl groups excluding tert-OH is 1. The number of hydrogen-bond acceptors (Lipinski definition) is 4. The summed E-state index contributed by atoms with van der Waals surface area (Å²) in [4.78, 5) is 15.7.